The summed E-state index contributed by atoms with van der Waals surface area (Å²) in [7, 11) is 0. The van der Waals surface area contributed by atoms with Gasteiger partial charge in [0.25, 0.3) is 0 Å². The molecule has 2 aromatic rings. The molecule has 0 aliphatic heterocycles. The Morgan fingerprint density at radius 3 is 2.56 bits per heavy atom. The Hall–Kier alpha value is -1.96. The highest BCUT2D eigenvalue weighted by atomic mass is 32.2. The Labute approximate surface area is 110 Å². The van der Waals surface area contributed by atoms with E-state index >= 15 is 0 Å². The molecule has 4 N–H and O–H groups in total. The van der Waals surface area contributed by atoms with Crippen LogP contribution in [0.3, 0.4) is 0 Å². The van der Waals surface area contributed by atoms with Crippen LogP contribution in [0.4, 0.5) is 5.69 Å². The Bertz CT molecular complexity index is 602. The van der Waals surface area contributed by atoms with Crippen molar-refractivity contribution in [1.29, 1.82) is 5.26 Å². The molecule has 18 heavy (non-hydrogen) atoms. The first-order valence-electron chi connectivity index (χ1n) is 5.50. The summed E-state index contributed by atoms with van der Waals surface area (Å²) in [5, 5.41) is 8.80. The van der Waals surface area contributed by atoms with Crippen LogP contribution in [0.2, 0.25) is 0 Å². The summed E-state index contributed by atoms with van der Waals surface area (Å²) in [5.41, 5.74) is 13.9. The fourth-order valence-corrected chi connectivity index (χ4v) is 2.58. The second kappa shape index (κ2) is 5.58. The van der Waals surface area contributed by atoms with E-state index in [2.05, 4.69) is 6.07 Å². The van der Waals surface area contributed by atoms with Crippen molar-refractivity contribution in [3.8, 4) is 6.07 Å². The number of nitrogens with two attached hydrogens (primary N) is 2. The third-order valence-corrected chi connectivity index (χ3v) is 3.76. The van der Waals surface area contributed by atoms with Crippen LogP contribution in [0.25, 0.3) is 0 Å². The molecular weight excluding hydrogens is 242 g/mol. The Morgan fingerprint density at radius 2 is 1.89 bits per heavy atom. The van der Waals surface area contributed by atoms with Crippen LogP contribution in [0.1, 0.15) is 11.1 Å². The molecule has 0 unspecified atom stereocenters. The first kappa shape index (κ1) is 12.5. The fourth-order valence-electron chi connectivity index (χ4n) is 1.60. The van der Waals surface area contributed by atoms with Gasteiger partial charge in [-0.1, -0.05) is 30.0 Å². The zero-order chi connectivity index (χ0) is 13.0. The highest BCUT2D eigenvalue weighted by molar-refractivity contribution is 7.99. The van der Waals surface area contributed by atoms with Gasteiger partial charge >= 0.3 is 0 Å². The molecule has 0 fully saturated rings. The number of nitriles is 1. The lowest BCUT2D eigenvalue weighted by atomic mass is 10.2. The van der Waals surface area contributed by atoms with E-state index in [0.717, 1.165) is 15.4 Å². The third-order valence-electron chi connectivity index (χ3n) is 2.55. The van der Waals surface area contributed by atoms with E-state index in [1.807, 2.05) is 30.3 Å². The van der Waals surface area contributed by atoms with Crippen LogP contribution in [0.15, 0.2) is 52.3 Å². The summed E-state index contributed by atoms with van der Waals surface area (Å²) in [6, 6.07) is 15.4. The quantitative estimate of drug-likeness (QED) is 0.827. The smallest absolute Gasteiger partial charge is 0.0992 e. The Balaban J connectivity index is 2.32. The van der Waals surface area contributed by atoms with Gasteiger partial charge in [0.15, 0.2) is 0 Å². The molecule has 0 saturated heterocycles. The molecule has 0 aliphatic carbocycles. The van der Waals surface area contributed by atoms with Gasteiger partial charge in [-0.2, -0.15) is 5.26 Å². The van der Waals surface area contributed by atoms with Crippen molar-refractivity contribution in [1.82, 2.24) is 0 Å². The average molecular weight is 255 g/mol. The SMILES string of the molecule is N#Cc1ccc(Sc2ccccc2CN)c(N)c1. The fraction of sp³-hybridized carbons (Fsp3) is 0.0714. The van der Waals surface area contributed by atoms with Crippen molar-refractivity contribution in [3.05, 3.63) is 53.6 Å². The molecule has 0 aromatic heterocycles. The van der Waals surface area contributed by atoms with Gasteiger partial charge in [-0.05, 0) is 29.8 Å². The third kappa shape index (κ3) is 2.65. The maximum Gasteiger partial charge on any atom is 0.0992 e. The minimum absolute atomic E-state index is 0.499. The molecule has 90 valence electrons. The maximum absolute atomic E-state index is 8.80. The van der Waals surface area contributed by atoms with Crippen molar-refractivity contribution >= 4 is 17.4 Å². The Kier molecular flexibility index (Phi) is 3.88. The number of rotatable bonds is 3. The van der Waals surface area contributed by atoms with Crippen LogP contribution in [0.5, 0.6) is 0 Å². The van der Waals surface area contributed by atoms with Gasteiger partial charge in [0.05, 0.1) is 11.6 Å². The molecule has 0 heterocycles. The van der Waals surface area contributed by atoms with E-state index in [4.69, 9.17) is 16.7 Å². The summed E-state index contributed by atoms with van der Waals surface area (Å²) in [6.07, 6.45) is 0. The molecule has 4 heteroatoms. The first-order chi connectivity index (χ1) is 8.74. The van der Waals surface area contributed by atoms with Crippen LogP contribution in [-0.4, -0.2) is 0 Å². The van der Waals surface area contributed by atoms with Gasteiger partial charge in [-0.25, -0.2) is 0 Å². The molecule has 3 nitrogen and oxygen atoms in total. The number of benzene rings is 2. The normalized spacial score (nSPS) is 10.0. The topological polar surface area (TPSA) is 75.8 Å². The van der Waals surface area contributed by atoms with Crippen LogP contribution < -0.4 is 11.5 Å². The predicted molar refractivity (Wildman–Crippen MR) is 74.0 cm³/mol. The molecule has 0 bridgehead atoms. The molecule has 0 radical (unpaired) electrons. The molecule has 2 aromatic carbocycles. The summed E-state index contributed by atoms with van der Waals surface area (Å²) >= 11 is 1.57. The number of nitrogens with zero attached hydrogens (tertiary/aromatic N) is 1. The first-order valence-corrected chi connectivity index (χ1v) is 6.31. The van der Waals surface area contributed by atoms with Gasteiger partial charge in [0, 0.05) is 22.0 Å². The Morgan fingerprint density at radius 1 is 1.11 bits per heavy atom. The molecule has 0 saturated carbocycles. The molecule has 0 aliphatic rings. The zero-order valence-electron chi connectivity index (χ0n) is 9.76. The number of anilines is 1. The number of nitrogen functional groups attached to an aromatic ring is 1. The predicted octanol–water partition coefficient (Wildman–Crippen LogP) is 2.75. The van der Waals surface area contributed by atoms with Crippen LogP contribution >= 0.6 is 11.8 Å². The number of hydrogen-bond donors (Lipinski definition) is 2. The lowest BCUT2D eigenvalue weighted by Gasteiger charge is -2.09. The van der Waals surface area contributed by atoms with Gasteiger partial charge in [0.1, 0.15) is 0 Å². The van der Waals surface area contributed by atoms with Crippen molar-refractivity contribution in [2.24, 2.45) is 5.73 Å². The lowest BCUT2D eigenvalue weighted by molar-refractivity contribution is 1.03. The molecular formula is C14H13N3S. The van der Waals surface area contributed by atoms with E-state index in [1.165, 1.54) is 0 Å². The molecule has 0 amide bonds. The second-order valence-electron chi connectivity index (χ2n) is 3.78. The van der Waals surface area contributed by atoms with Crippen molar-refractivity contribution in [3.63, 3.8) is 0 Å². The van der Waals surface area contributed by atoms with Crippen LogP contribution in [0, 0.1) is 11.3 Å². The van der Waals surface area contributed by atoms with E-state index < -0.39 is 0 Å². The second-order valence-corrected chi connectivity index (χ2v) is 4.86. The van der Waals surface area contributed by atoms with Crippen LogP contribution in [-0.2, 0) is 6.54 Å². The summed E-state index contributed by atoms with van der Waals surface area (Å²) < 4.78 is 0. The van der Waals surface area contributed by atoms with Gasteiger partial charge in [-0.3, -0.25) is 0 Å². The highest BCUT2D eigenvalue weighted by Gasteiger charge is 2.06. The van der Waals surface area contributed by atoms with Gasteiger partial charge in [-0.15, -0.1) is 0 Å². The average Bonchev–Trinajstić information content (AvgIpc) is 2.41. The van der Waals surface area contributed by atoms with Crippen molar-refractivity contribution < 1.29 is 0 Å². The van der Waals surface area contributed by atoms with E-state index in [0.29, 0.717) is 17.8 Å². The van der Waals surface area contributed by atoms with Crippen molar-refractivity contribution in [2.45, 2.75) is 16.3 Å². The minimum atomic E-state index is 0.499. The highest BCUT2D eigenvalue weighted by Crippen LogP contribution is 2.34. The van der Waals surface area contributed by atoms with E-state index in [9.17, 15) is 0 Å². The van der Waals surface area contributed by atoms with E-state index in [1.54, 1.807) is 23.9 Å². The standard InChI is InChI=1S/C14H13N3S/c15-8-10-5-6-14(12(17)7-10)18-13-4-2-1-3-11(13)9-16/h1-7H,9,16-17H2. The zero-order valence-corrected chi connectivity index (χ0v) is 10.6. The summed E-state index contributed by atoms with van der Waals surface area (Å²) in [4.78, 5) is 2.03. The van der Waals surface area contributed by atoms with Gasteiger partial charge in [0.2, 0.25) is 0 Å². The van der Waals surface area contributed by atoms with Crippen molar-refractivity contribution in [2.75, 3.05) is 5.73 Å². The molecule has 2 rings (SSSR count). The maximum atomic E-state index is 8.80. The molecule has 0 atom stereocenters. The largest absolute Gasteiger partial charge is 0.398 e. The lowest BCUT2D eigenvalue weighted by Crippen LogP contribution is -1.98. The monoisotopic (exact) mass is 255 g/mol. The summed E-state index contributed by atoms with van der Waals surface area (Å²) in [5.74, 6) is 0. The molecule has 0 spiro atoms. The minimum Gasteiger partial charge on any atom is -0.398 e. The number of hydrogen-bond acceptors (Lipinski definition) is 4. The summed E-state index contributed by atoms with van der Waals surface area (Å²) in [6.45, 7) is 0.499. The van der Waals surface area contributed by atoms with Gasteiger partial charge < -0.3 is 11.5 Å². The van der Waals surface area contributed by atoms with E-state index in [-0.39, 0.29) is 0 Å².